The highest BCUT2D eigenvalue weighted by Gasteiger charge is 2.30. The lowest BCUT2D eigenvalue weighted by Gasteiger charge is -2.38. The Balaban J connectivity index is 1.97. The van der Waals surface area contributed by atoms with Gasteiger partial charge in [0.1, 0.15) is 11.5 Å². The van der Waals surface area contributed by atoms with Crippen LogP contribution in [0.25, 0.3) is 0 Å². The predicted molar refractivity (Wildman–Crippen MR) is 103 cm³/mol. The molecule has 6 heteroatoms. The quantitative estimate of drug-likeness (QED) is 0.617. The molecule has 0 N–H and O–H groups in total. The van der Waals surface area contributed by atoms with Gasteiger partial charge in [-0.05, 0) is 49.9 Å². The fourth-order valence-corrected chi connectivity index (χ4v) is 3.58. The Bertz CT molecular complexity index is 601. The molecule has 27 heavy (non-hydrogen) atoms. The van der Waals surface area contributed by atoms with Crippen molar-refractivity contribution in [1.82, 2.24) is 4.90 Å². The molecule has 0 saturated heterocycles. The summed E-state index contributed by atoms with van der Waals surface area (Å²) in [7, 11) is 1.37. The number of ether oxygens (including phenoxy) is 3. The first-order valence-electron chi connectivity index (χ1n) is 9.77. The molecule has 1 saturated carbocycles. The summed E-state index contributed by atoms with van der Waals surface area (Å²) >= 11 is 0. The van der Waals surface area contributed by atoms with Gasteiger partial charge in [0, 0.05) is 12.6 Å². The van der Waals surface area contributed by atoms with Crippen LogP contribution in [0, 0.1) is 5.92 Å². The standard InChI is InChI=1S/C21H31NO5/c1-4-26-17-9-11-18(12-10-17)27-15-20(23)22(14-13-21(24)25-3)19-8-6-5-7-16(19)2/h9-12,16,19H,4-8,13-15H2,1-3H3. The fourth-order valence-electron chi connectivity index (χ4n) is 3.58. The van der Waals surface area contributed by atoms with Crippen LogP contribution < -0.4 is 9.47 Å². The molecule has 1 amide bonds. The van der Waals surface area contributed by atoms with E-state index in [1.165, 1.54) is 13.5 Å². The van der Waals surface area contributed by atoms with Crippen molar-refractivity contribution in [2.45, 2.75) is 52.0 Å². The third kappa shape index (κ3) is 6.45. The number of nitrogens with zero attached hydrogens (tertiary/aromatic N) is 1. The average molecular weight is 377 g/mol. The van der Waals surface area contributed by atoms with Gasteiger partial charge in [-0.15, -0.1) is 0 Å². The zero-order valence-electron chi connectivity index (χ0n) is 16.6. The van der Waals surface area contributed by atoms with Gasteiger partial charge in [-0.2, -0.15) is 0 Å². The first kappa shape index (κ1) is 21.1. The summed E-state index contributed by atoms with van der Waals surface area (Å²) < 4.78 is 15.8. The van der Waals surface area contributed by atoms with E-state index in [9.17, 15) is 9.59 Å². The van der Waals surface area contributed by atoms with E-state index in [2.05, 4.69) is 6.92 Å². The van der Waals surface area contributed by atoms with Gasteiger partial charge < -0.3 is 19.1 Å². The number of carbonyl (C=O) groups excluding carboxylic acids is 2. The topological polar surface area (TPSA) is 65.1 Å². The number of amides is 1. The maximum absolute atomic E-state index is 12.9. The minimum atomic E-state index is -0.302. The largest absolute Gasteiger partial charge is 0.494 e. The first-order chi connectivity index (χ1) is 13.0. The number of carbonyl (C=O) groups is 2. The summed E-state index contributed by atoms with van der Waals surface area (Å²) in [6.07, 6.45) is 4.58. The Morgan fingerprint density at radius 1 is 1.07 bits per heavy atom. The lowest BCUT2D eigenvalue weighted by atomic mass is 9.84. The molecule has 0 heterocycles. The first-order valence-corrected chi connectivity index (χ1v) is 9.77. The zero-order chi connectivity index (χ0) is 19.6. The maximum atomic E-state index is 12.9. The average Bonchev–Trinajstić information content (AvgIpc) is 2.68. The third-order valence-corrected chi connectivity index (χ3v) is 5.07. The van der Waals surface area contributed by atoms with Crippen LogP contribution in [0.5, 0.6) is 11.5 Å². The molecular weight excluding hydrogens is 346 g/mol. The molecule has 1 fully saturated rings. The Morgan fingerprint density at radius 3 is 2.30 bits per heavy atom. The maximum Gasteiger partial charge on any atom is 0.307 e. The molecule has 2 unspecified atom stereocenters. The van der Waals surface area contributed by atoms with E-state index in [0.29, 0.717) is 24.8 Å². The molecule has 1 aliphatic carbocycles. The molecule has 6 nitrogen and oxygen atoms in total. The second-order valence-electron chi connectivity index (χ2n) is 6.94. The van der Waals surface area contributed by atoms with Crippen molar-refractivity contribution in [3.63, 3.8) is 0 Å². The molecule has 2 rings (SSSR count). The van der Waals surface area contributed by atoms with Crippen LogP contribution in [-0.2, 0) is 14.3 Å². The molecule has 0 radical (unpaired) electrons. The highest BCUT2D eigenvalue weighted by atomic mass is 16.5. The second kappa shape index (κ2) is 10.8. The molecular formula is C21H31NO5. The number of esters is 1. The molecule has 0 aliphatic heterocycles. The summed E-state index contributed by atoms with van der Waals surface area (Å²) in [5.74, 6) is 1.42. The highest BCUT2D eigenvalue weighted by Crippen LogP contribution is 2.28. The van der Waals surface area contributed by atoms with Crippen LogP contribution in [0.1, 0.15) is 46.0 Å². The number of hydrogen-bond acceptors (Lipinski definition) is 5. The van der Waals surface area contributed by atoms with E-state index in [0.717, 1.165) is 25.0 Å². The summed E-state index contributed by atoms with van der Waals surface area (Å²) in [6, 6.07) is 7.38. The van der Waals surface area contributed by atoms with Crippen LogP contribution in [0.2, 0.25) is 0 Å². The van der Waals surface area contributed by atoms with E-state index in [-0.39, 0.29) is 30.9 Å². The normalized spacial score (nSPS) is 19.2. The fraction of sp³-hybridized carbons (Fsp3) is 0.619. The van der Waals surface area contributed by atoms with Gasteiger partial charge in [-0.25, -0.2) is 0 Å². The van der Waals surface area contributed by atoms with E-state index in [4.69, 9.17) is 14.2 Å². The van der Waals surface area contributed by atoms with Gasteiger partial charge in [0.05, 0.1) is 20.1 Å². The molecule has 150 valence electrons. The van der Waals surface area contributed by atoms with Crippen LogP contribution in [0.15, 0.2) is 24.3 Å². The minimum Gasteiger partial charge on any atom is -0.494 e. The third-order valence-electron chi connectivity index (χ3n) is 5.07. The summed E-state index contributed by atoms with van der Waals surface area (Å²) in [4.78, 5) is 26.2. The SMILES string of the molecule is CCOc1ccc(OCC(=O)N(CCC(=O)OC)C2CCCCC2C)cc1. The summed E-state index contributed by atoms with van der Waals surface area (Å²) in [5, 5.41) is 0. The van der Waals surface area contributed by atoms with Crippen LogP contribution in [0.4, 0.5) is 0 Å². The molecule has 0 bridgehead atoms. The van der Waals surface area contributed by atoms with Crippen LogP contribution in [0.3, 0.4) is 0 Å². The van der Waals surface area contributed by atoms with Crippen molar-refractivity contribution in [2.75, 3.05) is 26.9 Å². The monoisotopic (exact) mass is 377 g/mol. The molecule has 0 spiro atoms. The lowest BCUT2D eigenvalue weighted by Crippen LogP contribution is -2.48. The molecule has 2 atom stereocenters. The molecule has 1 aliphatic rings. The van der Waals surface area contributed by atoms with Crippen molar-refractivity contribution in [3.05, 3.63) is 24.3 Å². The zero-order valence-corrected chi connectivity index (χ0v) is 16.6. The second-order valence-corrected chi connectivity index (χ2v) is 6.94. The van der Waals surface area contributed by atoms with Crippen LogP contribution >= 0.6 is 0 Å². The summed E-state index contributed by atoms with van der Waals surface area (Å²) in [5.41, 5.74) is 0. The number of methoxy groups -OCH3 is 1. The van der Waals surface area contributed by atoms with Crippen molar-refractivity contribution in [3.8, 4) is 11.5 Å². The van der Waals surface area contributed by atoms with Crippen molar-refractivity contribution >= 4 is 11.9 Å². The number of rotatable bonds is 9. The molecule has 1 aromatic rings. The number of benzene rings is 1. The molecule has 1 aromatic carbocycles. The van der Waals surface area contributed by atoms with Gasteiger partial charge in [-0.3, -0.25) is 9.59 Å². The van der Waals surface area contributed by atoms with Crippen molar-refractivity contribution in [2.24, 2.45) is 5.92 Å². The van der Waals surface area contributed by atoms with Gasteiger partial charge >= 0.3 is 5.97 Å². The Hall–Kier alpha value is -2.24. The Kier molecular flexibility index (Phi) is 8.43. The summed E-state index contributed by atoms with van der Waals surface area (Å²) in [6.45, 7) is 5.03. The molecule has 0 aromatic heterocycles. The minimum absolute atomic E-state index is 0.0433. The van der Waals surface area contributed by atoms with Gasteiger partial charge in [0.15, 0.2) is 6.61 Å². The van der Waals surface area contributed by atoms with Crippen molar-refractivity contribution < 1.29 is 23.8 Å². The predicted octanol–water partition coefficient (Wildman–Crippen LogP) is 3.43. The Labute approximate surface area is 161 Å². The van der Waals surface area contributed by atoms with E-state index in [1.54, 1.807) is 12.1 Å². The lowest BCUT2D eigenvalue weighted by molar-refractivity contribution is -0.143. The van der Waals surface area contributed by atoms with E-state index in [1.807, 2.05) is 24.0 Å². The number of hydrogen-bond donors (Lipinski definition) is 0. The van der Waals surface area contributed by atoms with Gasteiger partial charge in [0.25, 0.3) is 5.91 Å². The van der Waals surface area contributed by atoms with E-state index < -0.39 is 0 Å². The van der Waals surface area contributed by atoms with Gasteiger partial charge in [-0.1, -0.05) is 19.8 Å². The van der Waals surface area contributed by atoms with E-state index >= 15 is 0 Å². The van der Waals surface area contributed by atoms with Crippen molar-refractivity contribution in [1.29, 1.82) is 0 Å². The smallest absolute Gasteiger partial charge is 0.307 e. The van der Waals surface area contributed by atoms with Gasteiger partial charge in [0.2, 0.25) is 0 Å². The highest BCUT2D eigenvalue weighted by molar-refractivity contribution is 5.79. The Morgan fingerprint density at radius 2 is 1.70 bits per heavy atom. The van der Waals surface area contributed by atoms with Crippen LogP contribution in [-0.4, -0.2) is 49.7 Å².